The first-order chi connectivity index (χ1) is 10.3. The van der Waals surface area contributed by atoms with E-state index in [4.69, 9.17) is 0 Å². The number of piperidine rings is 1. The van der Waals surface area contributed by atoms with Crippen LogP contribution in [0.4, 0.5) is 0 Å². The predicted molar refractivity (Wildman–Crippen MR) is 84.8 cm³/mol. The molecular weight excluding hydrogens is 260 g/mol. The molecule has 0 aliphatic carbocycles. The Kier molecular flexibility index (Phi) is 4.06. The first-order valence-corrected chi connectivity index (χ1v) is 7.95. The van der Waals surface area contributed by atoms with E-state index in [0.29, 0.717) is 0 Å². The van der Waals surface area contributed by atoms with Gasteiger partial charge in [-0.1, -0.05) is 31.5 Å². The lowest BCUT2D eigenvalue weighted by Crippen LogP contribution is -2.45. The quantitative estimate of drug-likeness (QED) is 0.938. The lowest BCUT2D eigenvalue weighted by atomic mass is 9.76. The lowest BCUT2D eigenvalue weighted by Gasteiger charge is -2.37. The van der Waals surface area contributed by atoms with Gasteiger partial charge < -0.3 is 5.32 Å². The van der Waals surface area contributed by atoms with Gasteiger partial charge in [0.2, 0.25) is 0 Å². The molecule has 1 aliphatic rings. The monoisotopic (exact) mass is 284 g/mol. The maximum absolute atomic E-state index is 4.58. The molecule has 1 saturated heterocycles. The molecule has 1 aromatic heterocycles. The molecule has 1 aromatic carbocycles. The normalized spacial score (nSPS) is 22.4. The number of para-hydroxylation sites is 1. The van der Waals surface area contributed by atoms with E-state index in [-0.39, 0.29) is 5.41 Å². The Hall–Kier alpha value is -1.68. The highest BCUT2D eigenvalue weighted by Gasteiger charge is 2.38. The SMILES string of the molecule is CCCC1(c2nnc(C)n2-c2ccccc2)CCCNC1. The Morgan fingerprint density at radius 2 is 2.05 bits per heavy atom. The molecule has 4 heteroatoms. The molecule has 1 atom stereocenters. The Morgan fingerprint density at radius 3 is 2.71 bits per heavy atom. The van der Waals surface area contributed by atoms with Crippen molar-refractivity contribution in [3.63, 3.8) is 0 Å². The minimum Gasteiger partial charge on any atom is -0.316 e. The molecule has 0 radical (unpaired) electrons. The minimum atomic E-state index is 0.115. The Balaban J connectivity index is 2.09. The van der Waals surface area contributed by atoms with Crippen molar-refractivity contribution in [1.29, 1.82) is 0 Å². The molecule has 0 spiro atoms. The molecule has 1 fully saturated rings. The molecule has 4 nitrogen and oxygen atoms in total. The van der Waals surface area contributed by atoms with E-state index in [2.05, 4.69) is 51.3 Å². The third-order valence-electron chi connectivity index (χ3n) is 4.51. The fraction of sp³-hybridized carbons (Fsp3) is 0.529. The summed E-state index contributed by atoms with van der Waals surface area (Å²) in [5.41, 5.74) is 1.28. The maximum atomic E-state index is 4.58. The molecule has 0 amide bonds. The van der Waals surface area contributed by atoms with Gasteiger partial charge in [-0.15, -0.1) is 10.2 Å². The first-order valence-electron chi connectivity index (χ1n) is 7.95. The van der Waals surface area contributed by atoms with Crippen LogP contribution in [0.5, 0.6) is 0 Å². The highest BCUT2D eigenvalue weighted by atomic mass is 15.3. The van der Waals surface area contributed by atoms with E-state index in [1.807, 2.05) is 13.0 Å². The van der Waals surface area contributed by atoms with Gasteiger partial charge in [0.15, 0.2) is 0 Å². The second-order valence-electron chi connectivity index (χ2n) is 6.05. The van der Waals surface area contributed by atoms with E-state index in [1.54, 1.807) is 0 Å². The van der Waals surface area contributed by atoms with Gasteiger partial charge in [0, 0.05) is 17.6 Å². The van der Waals surface area contributed by atoms with Crippen LogP contribution in [-0.2, 0) is 5.41 Å². The zero-order valence-electron chi connectivity index (χ0n) is 13.0. The van der Waals surface area contributed by atoms with Crippen molar-refractivity contribution in [2.75, 3.05) is 13.1 Å². The van der Waals surface area contributed by atoms with Crippen molar-refractivity contribution in [1.82, 2.24) is 20.1 Å². The average Bonchev–Trinajstić information content (AvgIpc) is 2.92. The molecule has 3 rings (SSSR count). The summed E-state index contributed by atoms with van der Waals surface area (Å²) >= 11 is 0. The van der Waals surface area contributed by atoms with Crippen LogP contribution in [0.2, 0.25) is 0 Å². The van der Waals surface area contributed by atoms with Gasteiger partial charge in [-0.2, -0.15) is 0 Å². The molecular formula is C17H24N4. The topological polar surface area (TPSA) is 42.7 Å². The van der Waals surface area contributed by atoms with Crippen molar-refractivity contribution >= 4 is 0 Å². The summed E-state index contributed by atoms with van der Waals surface area (Å²) in [6.45, 7) is 6.42. The van der Waals surface area contributed by atoms with Crippen LogP contribution in [-0.4, -0.2) is 27.9 Å². The van der Waals surface area contributed by atoms with E-state index in [9.17, 15) is 0 Å². The number of benzene rings is 1. The van der Waals surface area contributed by atoms with Crippen LogP contribution in [0.25, 0.3) is 5.69 Å². The lowest BCUT2D eigenvalue weighted by molar-refractivity contribution is 0.272. The Morgan fingerprint density at radius 1 is 1.24 bits per heavy atom. The van der Waals surface area contributed by atoms with Gasteiger partial charge >= 0.3 is 0 Å². The number of nitrogens with one attached hydrogen (secondary N) is 1. The molecule has 0 bridgehead atoms. The van der Waals surface area contributed by atoms with Gasteiger partial charge in [0.25, 0.3) is 0 Å². The summed E-state index contributed by atoms with van der Waals surface area (Å²) in [6, 6.07) is 10.5. The largest absolute Gasteiger partial charge is 0.316 e. The fourth-order valence-corrected chi connectivity index (χ4v) is 3.55. The fourth-order valence-electron chi connectivity index (χ4n) is 3.55. The van der Waals surface area contributed by atoms with Crippen molar-refractivity contribution in [3.05, 3.63) is 42.0 Å². The molecule has 1 aliphatic heterocycles. The summed E-state index contributed by atoms with van der Waals surface area (Å²) in [5, 5.41) is 12.5. The van der Waals surface area contributed by atoms with Gasteiger partial charge in [-0.25, -0.2) is 0 Å². The van der Waals surface area contributed by atoms with Crippen molar-refractivity contribution in [2.45, 2.75) is 44.9 Å². The zero-order chi connectivity index (χ0) is 14.7. The Labute approximate surface area is 126 Å². The molecule has 1 unspecified atom stereocenters. The van der Waals surface area contributed by atoms with Crippen molar-refractivity contribution in [2.24, 2.45) is 0 Å². The number of nitrogens with zero attached hydrogens (tertiary/aromatic N) is 3. The number of aryl methyl sites for hydroxylation is 1. The standard InChI is InChI=1S/C17H24N4/c1-3-10-17(11-7-12-18-13-17)16-20-19-14(2)21(16)15-8-5-4-6-9-15/h4-6,8-9,18H,3,7,10-13H2,1-2H3. The van der Waals surface area contributed by atoms with Gasteiger partial charge in [0.05, 0.1) is 0 Å². The van der Waals surface area contributed by atoms with Crippen LogP contribution in [0.1, 0.15) is 44.3 Å². The Bertz CT molecular complexity index is 577. The van der Waals surface area contributed by atoms with Gasteiger partial charge in [-0.3, -0.25) is 4.57 Å². The second kappa shape index (κ2) is 5.98. The molecule has 2 aromatic rings. The third kappa shape index (κ3) is 2.60. The number of rotatable bonds is 4. The highest BCUT2D eigenvalue weighted by molar-refractivity contribution is 5.35. The average molecular weight is 284 g/mol. The first kappa shape index (κ1) is 14.3. The molecule has 112 valence electrons. The van der Waals surface area contributed by atoms with Crippen LogP contribution >= 0.6 is 0 Å². The molecule has 21 heavy (non-hydrogen) atoms. The number of hydrogen-bond donors (Lipinski definition) is 1. The van der Waals surface area contributed by atoms with Gasteiger partial charge in [0.1, 0.15) is 11.6 Å². The van der Waals surface area contributed by atoms with Crippen molar-refractivity contribution in [3.8, 4) is 5.69 Å². The van der Waals surface area contributed by atoms with Gasteiger partial charge in [-0.05, 0) is 44.9 Å². The van der Waals surface area contributed by atoms with Crippen LogP contribution in [0.15, 0.2) is 30.3 Å². The number of hydrogen-bond acceptors (Lipinski definition) is 3. The molecule has 1 N–H and O–H groups in total. The maximum Gasteiger partial charge on any atom is 0.145 e. The van der Waals surface area contributed by atoms with Crippen LogP contribution in [0, 0.1) is 6.92 Å². The summed E-state index contributed by atoms with van der Waals surface area (Å²) in [7, 11) is 0. The smallest absolute Gasteiger partial charge is 0.145 e. The van der Waals surface area contributed by atoms with Crippen molar-refractivity contribution < 1.29 is 0 Å². The summed E-state index contributed by atoms with van der Waals surface area (Å²) in [5.74, 6) is 2.09. The predicted octanol–water partition coefficient (Wildman–Crippen LogP) is 3.00. The summed E-state index contributed by atoms with van der Waals surface area (Å²) in [4.78, 5) is 0. The zero-order valence-corrected chi connectivity index (χ0v) is 13.0. The summed E-state index contributed by atoms with van der Waals surface area (Å²) < 4.78 is 2.24. The van der Waals surface area contributed by atoms with E-state index >= 15 is 0 Å². The third-order valence-corrected chi connectivity index (χ3v) is 4.51. The molecule has 0 saturated carbocycles. The second-order valence-corrected chi connectivity index (χ2v) is 6.05. The van der Waals surface area contributed by atoms with Crippen LogP contribution in [0.3, 0.4) is 0 Å². The molecule has 2 heterocycles. The summed E-state index contributed by atoms with van der Waals surface area (Å²) in [6.07, 6.45) is 4.73. The highest BCUT2D eigenvalue weighted by Crippen LogP contribution is 2.36. The van der Waals surface area contributed by atoms with E-state index in [0.717, 1.165) is 36.8 Å². The van der Waals surface area contributed by atoms with E-state index < -0.39 is 0 Å². The van der Waals surface area contributed by atoms with Crippen LogP contribution < -0.4 is 5.32 Å². The minimum absolute atomic E-state index is 0.115. The van der Waals surface area contributed by atoms with E-state index in [1.165, 1.54) is 19.3 Å². The number of aromatic nitrogens is 3.